The highest BCUT2D eigenvalue weighted by molar-refractivity contribution is 5.79. The van der Waals surface area contributed by atoms with Gasteiger partial charge in [0.15, 0.2) is 23.2 Å². The van der Waals surface area contributed by atoms with Gasteiger partial charge in [-0.2, -0.15) is 0 Å². The molecule has 1 aromatic carbocycles. The van der Waals surface area contributed by atoms with Crippen molar-refractivity contribution in [1.29, 1.82) is 0 Å². The Morgan fingerprint density at radius 2 is 1.96 bits per heavy atom. The van der Waals surface area contributed by atoms with Gasteiger partial charge in [-0.15, -0.1) is 0 Å². The Morgan fingerprint density at radius 1 is 1.19 bits per heavy atom. The maximum absolute atomic E-state index is 5.49. The van der Waals surface area contributed by atoms with Gasteiger partial charge in [0.05, 0.1) is 12.2 Å². The molecule has 1 aliphatic rings. The Morgan fingerprint density at radius 3 is 2.67 bits per heavy atom. The van der Waals surface area contributed by atoms with Gasteiger partial charge in [0.25, 0.3) is 0 Å². The fourth-order valence-electron chi connectivity index (χ4n) is 2.80. The van der Waals surface area contributed by atoms with Crippen LogP contribution in [0.15, 0.2) is 33.8 Å². The van der Waals surface area contributed by atoms with E-state index in [1.54, 1.807) is 7.05 Å². The molecule has 0 amide bonds. The first-order chi connectivity index (χ1) is 12.9. The van der Waals surface area contributed by atoms with E-state index in [4.69, 9.17) is 14.0 Å². The molecule has 0 fully saturated rings. The van der Waals surface area contributed by atoms with Gasteiger partial charge in [0, 0.05) is 25.1 Å². The summed E-state index contributed by atoms with van der Waals surface area (Å²) in [7, 11) is 1.75. The second kappa shape index (κ2) is 7.90. The standard InChI is InChI=1S/C20H28N4O3/c1-13(2)16-9-15(27-24-16)10-22-19(21-5)23-11-20(3,4)14-6-7-17-18(8-14)26-12-25-17/h6-9,13H,10-12H2,1-5H3,(H2,21,22,23). The molecule has 0 radical (unpaired) electrons. The molecule has 146 valence electrons. The zero-order chi connectivity index (χ0) is 19.4. The summed E-state index contributed by atoms with van der Waals surface area (Å²) in [5.74, 6) is 3.45. The van der Waals surface area contributed by atoms with Gasteiger partial charge in [-0.05, 0) is 23.6 Å². The van der Waals surface area contributed by atoms with Crippen LogP contribution in [0.4, 0.5) is 0 Å². The van der Waals surface area contributed by atoms with E-state index < -0.39 is 0 Å². The number of aliphatic imine (C=N–C) groups is 1. The minimum atomic E-state index is -0.115. The summed E-state index contributed by atoms with van der Waals surface area (Å²) >= 11 is 0. The molecule has 1 aromatic heterocycles. The van der Waals surface area contributed by atoms with Crippen LogP contribution in [-0.4, -0.2) is 31.5 Å². The molecule has 2 N–H and O–H groups in total. The molecule has 3 rings (SSSR count). The lowest BCUT2D eigenvalue weighted by atomic mass is 9.84. The highest BCUT2D eigenvalue weighted by Crippen LogP contribution is 2.36. The number of nitrogens with zero attached hydrogens (tertiary/aromatic N) is 2. The van der Waals surface area contributed by atoms with Crippen LogP contribution in [0.5, 0.6) is 11.5 Å². The van der Waals surface area contributed by atoms with Crippen molar-refractivity contribution < 1.29 is 14.0 Å². The van der Waals surface area contributed by atoms with E-state index in [2.05, 4.69) is 54.5 Å². The Balaban J connectivity index is 1.56. The lowest BCUT2D eigenvalue weighted by Gasteiger charge is -2.27. The van der Waals surface area contributed by atoms with E-state index in [0.717, 1.165) is 23.0 Å². The zero-order valence-electron chi connectivity index (χ0n) is 16.6. The third-order valence-electron chi connectivity index (χ3n) is 4.67. The maximum atomic E-state index is 5.49. The van der Waals surface area contributed by atoms with E-state index in [9.17, 15) is 0 Å². The first-order valence-corrected chi connectivity index (χ1v) is 9.19. The van der Waals surface area contributed by atoms with Gasteiger partial charge in [-0.25, -0.2) is 0 Å². The van der Waals surface area contributed by atoms with Gasteiger partial charge in [0.1, 0.15) is 0 Å². The molecule has 0 unspecified atom stereocenters. The largest absolute Gasteiger partial charge is 0.454 e. The number of ether oxygens (including phenoxy) is 2. The molecule has 7 heteroatoms. The number of guanidine groups is 1. The molecular formula is C20H28N4O3. The first-order valence-electron chi connectivity index (χ1n) is 9.19. The fraction of sp³-hybridized carbons (Fsp3) is 0.500. The van der Waals surface area contributed by atoms with Crippen molar-refractivity contribution in [2.45, 2.75) is 45.6 Å². The molecule has 27 heavy (non-hydrogen) atoms. The van der Waals surface area contributed by atoms with Crippen LogP contribution in [0.25, 0.3) is 0 Å². The van der Waals surface area contributed by atoms with Crippen molar-refractivity contribution in [3.05, 3.63) is 41.3 Å². The van der Waals surface area contributed by atoms with E-state index >= 15 is 0 Å². The number of fused-ring (bicyclic) bond motifs is 1. The topological polar surface area (TPSA) is 80.9 Å². The van der Waals surface area contributed by atoms with Gasteiger partial charge in [-0.3, -0.25) is 4.99 Å². The van der Waals surface area contributed by atoms with Crippen molar-refractivity contribution >= 4 is 5.96 Å². The monoisotopic (exact) mass is 372 g/mol. The maximum Gasteiger partial charge on any atom is 0.231 e. The van der Waals surface area contributed by atoms with E-state index in [-0.39, 0.29) is 12.2 Å². The third-order valence-corrected chi connectivity index (χ3v) is 4.67. The van der Waals surface area contributed by atoms with Crippen LogP contribution in [0.1, 0.15) is 50.6 Å². The molecule has 7 nitrogen and oxygen atoms in total. The van der Waals surface area contributed by atoms with Crippen molar-refractivity contribution in [3.63, 3.8) is 0 Å². The molecule has 2 aromatic rings. The Labute approximate surface area is 160 Å². The lowest BCUT2D eigenvalue weighted by molar-refractivity contribution is 0.174. The smallest absolute Gasteiger partial charge is 0.231 e. The number of aromatic nitrogens is 1. The molecule has 0 saturated heterocycles. The Hall–Kier alpha value is -2.70. The Kier molecular flexibility index (Phi) is 5.58. The van der Waals surface area contributed by atoms with Crippen molar-refractivity contribution in [3.8, 4) is 11.5 Å². The minimum absolute atomic E-state index is 0.115. The SMILES string of the molecule is CN=C(NCc1cc(C(C)C)no1)NCC(C)(C)c1ccc2c(c1)OCO2. The number of rotatable bonds is 6. The van der Waals surface area contributed by atoms with Crippen LogP contribution < -0.4 is 20.1 Å². The Bertz CT molecular complexity index is 811. The number of nitrogens with one attached hydrogen (secondary N) is 2. The average Bonchev–Trinajstić information content (AvgIpc) is 3.30. The predicted molar refractivity (Wildman–Crippen MR) is 104 cm³/mol. The summed E-state index contributed by atoms with van der Waals surface area (Å²) in [6.45, 7) is 10.1. The molecule has 0 saturated carbocycles. The highest BCUT2D eigenvalue weighted by atomic mass is 16.7. The molecule has 0 aliphatic carbocycles. The quantitative estimate of drug-likeness (QED) is 0.599. The zero-order valence-corrected chi connectivity index (χ0v) is 16.6. The summed E-state index contributed by atoms with van der Waals surface area (Å²) in [4.78, 5) is 4.29. The van der Waals surface area contributed by atoms with E-state index in [1.807, 2.05) is 18.2 Å². The summed E-state index contributed by atoms with van der Waals surface area (Å²) in [6, 6.07) is 8.06. The van der Waals surface area contributed by atoms with Crippen LogP contribution in [-0.2, 0) is 12.0 Å². The highest BCUT2D eigenvalue weighted by Gasteiger charge is 2.24. The summed E-state index contributed by atoms with van der Waals surface area (Å²) < 4.78 is 16.2. The molecule has 0 atom stereocenters. The van der Waals surface area contributed by atoms with Crippen molar-refractivity contribution in [1.82, 2.24) is 15.8 Å². The first kappa shape index (κ1) is 19.1. The molecular weight excluding hydrogens is 344 g/mol. The fourth-order valence-corrected chi connectivity index (χ4v) is 2.80. The number of benzene rings is 1. The van der Waals surface area contributed by atoms with E-state index in [1.165, 1.54) is 5.56 Å². The number of hydrogen-bond acceptors (Lipinski definition) is 5. The van der Waals surface area contributed by atoms with Crippen LogP contribution in [0.3, 0.4) is 0 Å². The van der Waals surface area contributed by atoms with Gasteiger partial charge in [-0.1, -0.05) is 38.9 Å². The summed E-state index contributed by atoms with van der Waals surface area (Å²) in [5.41, 5.74) is 2.01. The van der Waals surface area contributed by atoms with Gasteiger partial charge in [0.2, 0.25) is 6.79 Å². The molecule has 1 aliphatic heterocycles. The molecule has 0 bridgehead atoms. The van der Waals surface area contributed by atoms with Crippen molar-refractivity contribution in [2.75, 3.05) is 20.4 Å². The number of hydrogen-bond donors (Lipinski definition) is 2. The lowest BCUT2D eigenvalue weighted by Crippen LogP contribution is -2.43. The van der Waals surface area contributed by atoms with E-state index in [0.29, 0.717) is 25.0 Å². The summed E-state index contributed by atoms with van der Waals surface area (Å²) in [6.07, 6.45) is 0. The van der Waals surface area contributed by atoms with Gasteiger partial charge >= 0.3 is 0 Å². The van der Waals surface area contributed by atoms with Crippen molar-refractivity contribution in [2.24, 2.45) is 4.99 Å². The predicted octanol–water partition coefficient (Wildman–Crippen LogP) is 3.17. The van der Waals surface area contributed by atoms with Crippen LogP contribution in [0.2, 0.25) is 0 Å². The van der Waals surface area contributed by atoms with Crippen LogP contribution in [0, 0.1) is 0 Å². The van der Waals surface area contributed by atoms with Crippen LogP contribution >= 0.6 is 0 Å². The normalized spacial score (nSPS) is 13.9. The minimum Gasteiger partial charge on any atom is -0.454 e. The third kappa shape index (κ3) is 4.53. The molecule has 0 spiro atoms. The summed E-state index contributed by atoms with van der Waals surface area (Å²) in [5, 5.41) is 10.7. The second-order valence-corrected chi connectivity index (χ2v) is 7.60. The second-order valence-electron chi connectivity index (χ2n) is 7.60. The molecule has 2 heterocycles. The van der Waals surface area contributed by atoms with Gasteiger partial charge < -0.3 is 24.6 Å². The average molecular weight is 372 g/mol.